The van der Waals surface area contributed by atoms with Crippen LogP contribution in [0.3, 0.4) is 0 Å². The first kappa shape index (κ1) is 91.4. The fourth-order valence-corrected chi connectivity index (χ4v) is 18.0. The average Bonchev–Trinajstić information content (AvgIpc) is 1.72. The van der Waals surface area contributed by atoms with Gasteiger partial charge in [-0.05, 0) is 79.7 Å². The molecule has 4 unspecified atom stereocenters. The van der Waals surface area contributed by atoms with E-state index in [0.717, 1.165) is 0 Å². The fourth-order valence-electron chi connectivity index (χ4n) is 16.0. The third-order valence-corrected chi connectivity index (χ3v) is 23.7. The minimum Gasteiger partial charge on any atom is -0.490 e. The number of amides is 4. The highest BCUT2D eigenvalue weighted by Crippen LogP contribution is 2.50. The van der Waals surface area contributed by atoms with Gasteiger partial charge in [0.1, 0.15) is 91.6 Å². The molecule has 4 amide bonds. The summed E-state index contributed by atoms with van der Waals surface area (Å²) in [6, 6.07) is 6.19. The van der Waals surface area contributed by atoms with Gasteiger partial charge in [-0.25, -0.2) is 57.4 Å². The van der Waals surface area contributed by atoms with E-state index in [1.165, 1.54) is 0 Å². The Hall–Kier alpha value is -10.3. The summed E-state index contributed by atoms with van der Waals surface area (Å²) in [5, 5.41) is 11.7. The van der Waals surface area contributed by atoms with Crippen molar-refractivity contribution in [2.75, 3.05) is 49.1 Å². The van der Waals surface area contributed by atoms with Gasteiger partial charge in [-0.3, -0.25) is 36.8 Å². The van der Waals surface area contributed by atoms with Crippen LogP contribution in [0.1, 0.15) is 224 Å². The van der Waals surface area contributed by atoms with Crippen molar-refractivity contribution in [3.05, 3.63) is 206 Å². The maximum atomic E-state index is 15.2. The number of carbonyl (C=O) groups is 4. The Morgan fingerprint density at radius 1 is 0.339 bits per heavy atom. The summed E-state index contributed by atoms with van der Waals surface area (Å²) < 4.78 is 92.3. The van der Waals surface area contributed by atoms with E-state index in [4.69, 9.17) is 135 Å². The van der Waals surface area contributed by atoms with Crippen molar-refractivity contribution >= 4 is 162 Å². The van der Waals surface area contributed by atoms with Gasteiger partial charge in [-0.1, -0.05) is 121 Å². The van der Waals surface area contributed by atoms with Crippen molar-refractivity contribution < 1.29 is 55.7 Å². The second-order valence-electron chi connectivity index (χ2n) is 31.6. The van der Waals surface area contributed by atoms with Gasteiger partial charge in [0.15, 0.2) is 43.9 Å². The minimum absolute atomic E-state index is 0.0413. The van der Waals surface area contributed by atoms with Crippen molar-refractivity contribution in [1.82, 2.24) is 78.7 Å². The number of carbonyl (C=O) groups excluding carboxylic acids is 4. The Bertz CT molecular complexity index is 5460. The second-order valence-corrected chi connectivity index (χ2v) is 34.6. The SMILES string of the molecule is CC(C)Oc1c([C@@H](C)c2nc(Cl)c3c(N)nccn23)cc(Cl)c(F)c1C1CNC(=O)C1.CC(C)Oc1c([C@@H](C)c2nc(Cl)c3c(N)nccn23)cc(Cl)c(F)c1C1CNC(=O)C1.CC(C)Oc1c([C@H](C)c2nc(Cl)c3c(N)nccn23)cc(Cl)c(F)c1C1CNC(=O)C1.CC(C)Oc1c([C@H](C)c2nc(Cl)c3c(N)nccn23)cc(Cl)c(F)c1C1CNC(=O)C1. The standard InChI is InChI=1S/4C21H22Cl2FN5O2/c4*1-9(2)31-18-12(7-13(22)16(24)15(18)11-6-14(30)27-8-11)10(3)21-28-19(23)17-20(25)26-4-5-29(17)21/h4*4-5,7,9-11H,6,8H2,1-3H3,(H2,25,26)(H,27,30)/t4*10-,11?/m1100/s1. The Morgan fingerprint density at radius 2 is 0.524 bits per heavy atom. The van der Waals surface area contributed by atoms with Crippen molar-refractivity contribution in [3.8, 4) is 23.0 Å². The molecule has 40 heteroatoms. The molecule has 4 aromatic carbocycles. The van der Waals surface area contributed by atoms with Crippen LogP contribution in [0.4, 0.5) is 40.8 Å². The van der Waals surface area contributed by atoms with Gasteiger partial charge in [0.05, 0.1) is 44.5 Å². The molecule has 4 aliphatic heterocycles. The summed E-state index contributed by atoms with van der Waals surface area (Å²) in [7, 11) is 0. The molecular weight excluding hydrogens is 1780 g/mol. The van der Waals surface area contributed by atoms with Crippen LogP contribution in [0, 0.1) is 23.3 Å². The molecule has 0 radical (unpaired) electrons. The number of benzene rings is 4. The van der Waals surface area contributed by atoms with E-state index in [1.54, 1.807) is 91.4 Å². The first-order valence-electron chi connectivity index (χ1n) is 39.7. The molecular formula is C84H88Cl8F4N20O8. The fraction of sp³-hybridized carbons (Fsp3) is 0.381. The molecule has 0 saturated carbocycles. The predicted octanol–water partition coefficient (Wildman–Crippen LogP) is 17.2. The number of nitrogens with zero attached hydrogens (tertiary/aromatic N) is 12. The smallest absolute Gasteiger partial charge is 0.220 e. The zero-order valence-electron chi connectivity index (χ0n) is 69.0. The number of hydrogen-bond acceptors (Lipinski definition) is 20. The van der Waals surface area contributed by atoms with Crippen molar-refractivity contribution in [3.63, 3.8) is 0 Å². The number of imidazole rings is 4. The molecule has 656 valence electrons. The Morgan fingerprint density at radius 3 is 0.685 bits per heavy atom. The molecule has 4 saturated heterocycles. The lowest BCUT2D eigenvalue weighted by atomic mass is 9.89. The van der Waals surface area contributed by atoms with E-state index in [9.17, 15) is 19.2 Å². The summed E-state index contributed by atoms with van der Waals surface area (Å²) in [5.41, 5.74) is 29.7. The number of halogens is 12. The first-order valence-corrected chi connectivity index (χ1v) is 42.7. The lowest BCUT2D eigenvalue weighted by Gasteiger charge is -2.24. The monoisotopic (exact) mass is 1860 g/mol. The van der Waals surface area contributed by atoms with Crippen LogP contribution >= 0.6 is 92.8 Å². The molecule has 8 atom stereocenters. The van der Waals surface area contributed by atoms with Gasteiger partial charge in [-0.2, -0.15) is 0 Å². The molecule has 12 heterocycles. The van der Waals surface area contributed by atoms with E-state index in [0.29, 0.717) is 139 Å². The minimum atomic E-state index is -0.575. The molecule has 4 fully saturated rings. The van der Waals surface area contributed by atoms with Crippen LogP contribution in [0.5, 0.6) is 23.0 Å². The second kappa shape index (κ2) is 37.5. The maximum absolute atomic E-state index is 15.2. The molecule has 8 aromatic heterocycles. The normalized spacial score (nSPS) is 17.4. The zero-order chi connectivity index (χ0) is 89.8. The van der Waals surface area contributed by atoms with Crippen molar-refractivity contribution in [1.29, 1.82) is 0 Å². The van der Waals surface area contributed by atoms with Crippen LogP contribution in [0.25, 0.3) is 22.1 Å². The third kappa shape index (κ3) is 18.3. The number of aromatic nitrogens is 12. The predicted molar refractivity (Wildman–Crippen MR) is 470 cm³/mol. The van der Waals surface area contributed by atoms with Gasteiger partial charge >= 0.3 is 0 Å². The molecule has 12 aromatic rings. The van der Waals surface area contributed by atoms with E-state index in [1.807, 2.05) is 83.1 Å². The number of nitrogens with one attached hydrogen (secondary N) is 4. The number of hydrogen-bond donors (Lipinski definition) is 8. The lowest BCUT2D eigenvalue weighted by Crippen LogP contribution is -2.17. The molecule has 16 rings (SSSR count). The Labute approximate surface area is 749 Å². The van der Waals surface area contributed by atoms with Crippen LogP contribution in [0.15, 0.2) is 73.8 Å². The molecule has 28 nitrogen and oxygen atoms in total. The number of rotatable bonds is 20. The quantitative estimate of drug-likeness (QED) is 0.0329. The highest BCUT2D eigenvalue weighted by atomic mass is 35.5. The number of nitrogens with two attached hydrogens (primary N) is 4. The van der Waals surface area contributed by atoms with Crippen LogP contribution in [0.2, 0.25) is 40.7 Å². The topological polar surface area (TPSA) is 378 Å². The van der Waals surface area contributed by atoms with E-state index in [2.05, 4.69) is 61.1 Å². The van der Waals surface area contributed by atoms with E-state index >= 15 is 17.6 Å². The van der Waals surface area contributed by atoms with Gasteiger partial charge in [0, 0.05) is 193 Å². The van der Waals surface area contributed by atoms with Crippen molar-refractivity contribution in [2.45, 2.75) is 181 Å². The van der Waals surface area contributed by atoms with E-state index in [-0.39, 0.29) is 185 Å². The summed E-state index contributed by atoms with van der Waals surface area (Å²) in [6.45, 7) is 23.7. The number of fused-ring (bicyclic) bond motifs is 4. The third-order valence-electron chi connectivity index (χ3n) is 21.6. The zero-order valence-corrected chi connectivity index (χ0v) is 75.0. The van der Waals surface area contributed by atoms with Crippen molar-refractivity contribution in [2.24, 2.45) is 0 Å². The van der Waals surface area contributed by atoms with Crippen LogP contribution in [-0.4, -0.2) is 132 Å². The van der Waals surface area contributed by atoms with E-state index < -0.39 is 23.3 Å². The first-order chi connectivity index (χ1) is 58.7. The summed E-state index contributed by atoms with van der Waals surface area (Å²) in [6.07, 6.45) is 12.8. The number of nitrogen functional groups attached to an aromatic ring is 4. The summed E-state index contributed by atoms with van der Waals surface area (Å²) in [5.74, 6) is -1.04. The van der Waals surface area contributed by atoms with Crippen LogP contribution in [-0.2, 0) is 19.2 Å². The number of ether oxygens (including phenoxy) is 4. The maximum Gasteiger partial charge on any atom is 0.220 e. The molecule has 4 aliphatic rings. The molecule has 12 N–H and O–H groups in total. The van der Waals surface area contributed by atoms with Crippen LogP contribution < -0.4 is 63.1 Å². The van der Waals surface area contributed by atoms with Gasteiger partial charge in [0.2, 0.25) is 23.6 Å². The van der Waals surface area contributed by atoms with Gasteiger partial charge in [-0.15, -0.1) is 0 Å². The number of anilines is 4. The molecule has 0 spiro atoms. The highest BCUT2D eigenvalue weighted by molar-refractivity contribution is 6.35. The Balaban J connectivity index is 0.000000142. The summed E-state index contributed by atoms with van der Waals surface area (Å²) in [4.78, 5) is 81.5. The average molecular weight is 1870 g/mol. The Kier molecular flexibility index (Phi) is 27.6. The summed E-state index contributed by atoms with van der Waals surface area (Å²) >= 11 is 50.5. The van der Waals surface area contributed by atoms with Gasteiger partial charge in [0.25, 0.3) is 0 Å². The largest absolute Gasteiger partial charge is 0.490 e. The van der Waals surface area contributed by atoms with Gasteiger partial charge < -0.3 is 63.1 Å². The highest BCUT2D eigenvalue weighted by Gasteiger charge is 2.40. The molecule has 0 aliphatic carbocycles. The molecule has 0 bridgehead atoms. The molecule has 124 heavy (non-hydrogen) atoms. The lowest BCUT2D eigenvalue weighted by molar-refractivity contribution is -0.120.